The molecule has 1 aliphatic heterocycles. The number of para-hydroxylation sites is 1. The second-order valence-corrected chi connectivity index (χ2v) is 7.69. The molecular formula is C21H31N3O3. The fourth-order valence-corrected chi connectivity index (χ4v) is 3.90. The number of rotatable bonds is 6. The Morgan fingerprint density at radius 3 is 2.37 bits per heavy atom. The number of hydrogen-bond acceptors (Lipinski definition) is 4. The van der Waals surface area contributed by atoms with Crippen molar-refractivity contribution in [3.8, 4) is 5.75 Å². The summed E-state index contributed by atoms with van der Waals surface area (Å²) in [6, 6.07) is 10.1. The third-order valence-electron chi connectivity index (χ3n) is 5.66. The number of nitrogens with zero attached hydrogens (tertiary/aromatic N) is 1. The minimum absolute atomic E-state index is 0.0187. The van der Waals surface area contributed by atoms with Gasteiger partial charge in [0.15, 0.2) is 0 Å². The molecule has 27 heavy (non-hydrogen) atoms. The van der Waals surface area contributed by atoms with Crippen molar-refractivity contribution in [3.63, 3.8) is 0 Å². The zero-order valence-corrected chi connectivity index (χ0v) is 15.9. The highest BCUT2D eigenvalue weighted by Crippen LogP contribution is 2.21. The Morgan fingerprint density at radius 1 is 1.04 bits per heavy atom. The van der Waals surface area contributed by atoms with Gasteiger partial charge in [-0.15, -0.1) is 0 Å². The monoisotopic (exact) mass is 373 g/mol. The number of carbonyl (C=O) groups is 2. The molecule has 6 heteroatoms. The van der Waals surface area contributed by atoms with Gasteiger partial charge in [-0.1, -0.05) is 18.2 Å². The molecule has 0 atom stereocenters. The summed E-state index contributed by atoms with van der Waals surface area (Å²) in [7, 11) is 0. The fourth-order valence-electron chi connectivity index (χ4n) is 3.90. The quantitative estimate of drug-likeness (QED) is 0.800. The van der Waals surface area contributed by atoms with E-state index in [4.69, 9.17) is 10.5 Å². The normalized spacial score (nSPS) is 23.7. The smallest absolute Gasteiger partial charge is 0.225 e. The zero-order valence-electron chi connectivity index (χ0n) is 15.9. The first kappa shape index (κ1) is 19.7. The van der Waals surface area contributed by atoms with E-state index in [2.05, 4.69) is 5.32 Å². The predicted molar refractivity (Wildman–Crippen MR) is 104 cm³/mol. The second-order valence-electron chi connectivity index (χ2n) is 7.69. The molecule has 2 amide bonds. The van der Waals surface area contributed by atoms with Gasteiger partial charge in [-0.2, -0.15) is 0 Å². The average molecular weight is 373 g/mol. The molecule has 1 aromatic rings. The Hall–Kier alpha value is -2.08. The predicted octanol–water partition coefficient (Wildman–Crippen LogP) is 2.08. The molecule has 148 valence electrons. The van der Waals surface area contributed by atoms with Gasteiger partial charge < -0.3 is 20.7 Å². The second kappa shape index (κ2) is 9.74. The first-order chi connectivity index (χ1) is 13.1. The van der Waals surface area contributed by atoms with Gasteiger partial charge in [0, 0.05) is 31.1 Å². The molecule has 0 bridgehead atoms. The van der Waals surface area contributed by atoms with Gasteiger partial charge >= 0.3 is 0 Å². The standard InChI is InChI=1S/C21H31N3O3/c22-17-6-8-18(9-7-17)23-21(26)16-10-13-24(14-11-16)20(25)12-15-27-19-4-2-1-3-5-19/h1-5,16-18H,6-15,22H2,(H,23,26). The molecule has 2 fully saturated rings. The third kappa shape index (κ3) is 5.96. The van der Waals surface area contributed by atoms with Gasteiger partial charge in [-0.25, -0.2) is 0 Å². The van der Waals surface area contributed by atoms with E-state index >= 15 is 0 Å². The highest BCUT2D eigenvalue weighted by atomic mass is 16.5. The Bertz CT molecular complexity index is 606. The molecule has 1 aliphatic carbocycles. The van der Waals surface area contributed by atoms with Crippen LogP contribution in [0, 0.1) is 5.92 Å². The van der Waals surface area contributed by atoms with Crippen molar-refractivity contribution in [3.05, 3.63) is 30.3 Å². The van der Waals surface area contributed by atoms with E-state index in [9.17, 15) is 9.59 Å². The largest absolute Gasteiger partial charge is 0.493 e. The van der Waals surface area contributed by atoms with Crippen molar-refractivity contribution in [2.24, 2.45) is 11.7 Å². The van der Waals surface area contributed by atoms with E-state index in [1.165, 1.54) is 0 Å². The fraction of sp³-hybridized carbons (Fsp3) is 0.619. The van der Waals surface area contributed by atoms with Crippen molar-refractivity contribution in [1.29, 1.82) is 0 Å². The van der Waals surface area contributed by atoms with Gasteiger partial charge in [0.2, 0.25) is 11.8 Å². The molecule has 1 aromatic carbocycles. The molecule has 0 aromatic heterocycles. The van der Waals surface area contributed by atoms with Crippen molar-refractivity contribution in [2.45, 2.75) is 57.0 Å². The summed E-state index contributed by atoms with van der Waals surface area (Å²) in [4.78, 5) is 26.7. The van der Waals surface area contributed by atoms with Crippen LogP contribution in [0.1, 0.15) is 44.9 Å². The first-order valence-corrected chi connectivity index (χ1v) is 10.1. The van der Waals surface area contributed by atoms with Gasteiger partial charge in [-0.3, -0.25) is 9.59 Å². The van der Waals surface area contributed by atoms with E-state index in [0.717, 1.165) is 44.3 Å². The van der Waals surface area contributed by atoms with Crippen molar-refractivity contribution < 1.29 is 14.3 Å². The van der Waals surface area contributed by atoms with Crippen LogP contribution in [0.2, 0.25) is 0 Å². The molecule has 3 N–H and O–H groups in total. The van der Waals surface area contributed by atoms with Gasteiger partial charge in [-0.05, 0) is 50.7 Å². The highest BCUT2D eigenvalue weighted by Gasteiger charge is 2.29. The van der Waals surface area contributed by atoms with E-state index in [1.807, 2.05) is 35.2 Å². The summed E-state index contributed by atoms with van der Waals surface area (Å²) in [5, 5.41) is 3.19. The van der Waals surface area contributed by atoms with Crippen molar-refractivity contribution in [1.82, 2.24) is 10.2 Å². The lowest BCUT2D eigenvalue weighted by atomic mass is 9.90. The van der Waals surface area contributed by atoms with Crippen LogP contribution in [-0.4, -0.2) is 48.5 Å². The number of hydrogen-bond donors (Lipinski definition) is 2. The highest BCUT2D eigenvalue weighted by molar-refractivity contribution is 5.80. The lowest BCUT2D eigenvalue weighted by molar-refractivity contribution is -0.136. The minimum Gasteiger partial charge on any atom is -0.493 e. The summed E-state index contributed by atoms with van der Waals surface area (Å²) in [5.74, 6) is 1.05. The third-order valence-corrected chi connectivity index (χ3v) is 5.66. The number of nitrogens with two attached hydrogens (primary N) is 1. The van der Waals surface area contributed by atoms with Crippen molar-refractivity contribution in [2.75, 3.05) is 19.7 Å². The average Bonchev–Trinajstić information content (AvgIpc) is 2.70. The Balaban J connectivity index is 1.34. The zero-order chi connectivity index (χ0) is 19.1. The number of likely N-dealkylation sites (tertiary alicyclic amines) is 1. The molecule has 1 heterocycles. The molecular weight excluding hydrogens is 342 g/mol. The van der Waals surface area contributed by atoms with E-state index in [0.29, 0.717) is 32.2 Å². The Labute approximate surface area is 161 Å². The van der Waals surface area contributed by atoms with Crippen LogP contribution in [0.5, 0.6) is 5.75 Å². The first-order valence-electron chi connectivity index (χ1n) is 10.1. The molecule has 2 aliphatic rings. The van der Waals surface area contributed by atoms with Crippen LogP contribution >= 0.6 is 0 Å². The Morgan fingerprint density at radius 2 is 1.70 bits per heavy atom. The van der Waals surface area contributed by atoms with Crippen LogP contribution in [0.15, 0.2) is 30.3 Å². The molecule has 0 unspecified atom stereocenters. The van der Waals surface area contributed by atoms with Crippen LogP contribution in [0.25, 0.3) is 0 Å². The lowest BCUT2D eigenvalue weighted by Gasteiger charge is -2.33. The summed E-state index contributed by atoms with van der Waals surface area (Å²) in [5.41, 5.74) is 5.92. The molecule has 1 saturated carbocycles. The summed E-state index contributed by atoms with van der Waals surface area (Å²) in [6.45, 7) is 1.68. The number of nitrogens with one attached hydrogen (secondary N) is 1. The van der Waals surface area contributed by atoms with Crippen LogP contribution in [-0.2, 0) is 9.59 Å². The topological polar surface area (TPSA) is 84.7 Å². The molecule has 0 spiro atoms. The van der Waals surface area contributed by atoms with Crippen LogP contribution in [0.4, 0.5) is 0 Å². The molecule has 0 radical (unpaired) electrons. The van der Waals surface area contributed by atoms with E-state index < -0.39 is 0 Å². The maximum atomic E-state index is 12.5. The number of ether oxygens (including phenoxy) is 1. The summed E-state index contributed by atoms with van der Waals surface area (Å²) < 4.78 is 5.60. The Kier molecular flexibility index (Phi) is 7.10. The maximum Gasteiger partial charge on any atom is 0.225 e. The molecule has 6 nitrogen and oxygen atoms in total. The lowest BCUT2D eigenvalue weighted by Crippen LogP contribution is -2.47. The van der Waals surface area contributed by atoms with E-state index in [-0.39, 0.29) is 23.8 Å². The van der Waals surface area contributed by atoms with Crippen molar-refractivity contribution >= 4 is 11.8 Å². The van der Waals surface area contributed by atoms with Gasteiger partial charge in [0.05, 0.1) is 13.0 Å². The van der Waals surface area contributed by atoms with Gasteiger partial charge in [0.25, 0.3) is 0 Å². The number of benzene rings is 1. The van der Waals surface area contributed by atoms with Gasteiger partial charge in [0.1, 0.15) is 5.75 Å². The van der Waals surface area contributed by atoms with Crippen LogP contribution in [0.3, 0.4) is 0 Å². The van der Waals surface area contributed by atoms with Crippen LogP contribution < -0.4 is 15.8 Å². The number of carbonyl (C=O) groups excluding carboxylic acids is 2. The summed E-state index contributed by atoms with van der Waals surface area (Å²) in [6.07, 6.45) is 5.78. The molecule has 1 saturated heterocycles. The van der Waals surface area contributed by atoms with E-state index in [1.54, 1.807) is 0 Å². The number of amides is 2. The minimum atomic E-state index is 0.0187. The summed E-state index contributed by atoms with van der Waals surface area (Å²) >= 11 is 0. The maximum absolute atomic E-state index is 12.5. The molecule has 3 rings (SSSR count). The number of piperidine rings is 1. The SMILES string of the molecule is NC1CCC(NC(=O)C2CCN(C(=O)CCOc3ccccc3)CC2)CC1.